The van der Waals surface area contributed by atoms with E-state index in [0.717, 1.165) is 22.2 Å². The fourth-order valence-electron chi connectivity index (χ4n) is 2.90. The molecule has 0 radical (unpaired) electrons. The number of hydrogen-bond acceptors (Lipinski definition) is 4. The molecule has 5 nitrogen and oxygen atoms in total. The minimum absolute atomic E-state index is 0.226. The summed E-state index contributed by atoms with van der Waals surface area (Å²) in [7, 11) is 1.37. The van der Waals surface area contributed by atoms with Gasteiger partial charge >= 0.3 is 5.97 Å². The highest BCUT2D eigenvalue weighted by Gasteiger charge is 2.12. The molecule has 0 fully saturated rings. The zero-order valence-electron chi connectivity index (χ0n) is 15.7. The van der Waals surface area contributed by atoms with E-state index in [1.807, 2.05) is 35.8 Å². The van der Waals surface area contributed by atoms with E-state index in [0.29, 0.717) is 16.9 Å². The van der Waals surface area contributed by atoms with Crippen LogP contribution in [0.4, 0.5) is 0 Å². The van der Waals surface area contributed by atoms with E-state index in [2.05, 4.69) is 24.0 Å². The number of carbonyl (C=O) groups excluding carboxylic acids is 2. The molecule has 0 N–H and O–H groups in total. The Kier molecular flexibility index (Phi) is 5.86. The lowest BCUT2D eigenvalue weighted by Crippen LogP contribution is -2.19. The predicted octanol–water partition coefficient (Wildman–Crippen LogP) is 3.88. The van der Waals surface area contributed by atoms with Crippen molar-refractivity contribution in [3.8, 4) is 0 Å². The van der Waals surface area contributed by atoms with Crippen molar-refractivity contribution in [1.29, 1.82) is 0 Å². The summed E-state index contributed by atoms with van der Waals surface area (Å²) >= 11 is 1.46. The van der Waals surface area contributed by atoms with Gasteiger partial charge in [-0.05, 0) is 42.7 Å². The summed E-state index contributed by atoms with van der Waals surface area (Å²) in [6.07, 6.45) is 1.16. The Morgan fingerprint density at radius 3 is 2.67 bits per heavy atom. The molecule has 0 aliphatic rings. The molecule has 0 saturated heterocycles. The van der Waals surface area contributed by atoms with Crippen LogP contribution in [0.15, 0.2) is 47.5 Å². The lowest BCUT2D eigenvalue weighted by molar-refractivity contribution is -0.140. The van der Waals surface area contributed by atoms with Crippen molar-refractivity contribution in [2.75, 3.05) is 7.11 Å². The van der Waals surface area contributed by atoms with Gasteiger partial charge in [0, 0.05) is 12.1 Å². The lowest BCUT2D eigenvalue weighted by atomic mass is 10.1. The maximum atomic E-state index is 12.7. The van der Waals surface area contributed by atoms with Crippen molar-refractivity contribution in [1.82, 2.24) is 4.57 Å². The minimum Gasteiger partial charge on any atom is -0.469 e. The standard InChI is InChI=1S/C21H22N2O3S/c1-4-15-9-10-17-18(13-15)27-21(23(17)12-11-19(24)26-3)22-20(25)16-8-6-5-7-14(16)2/h5-10,13H,4,11-12H2,1-3H3. The van der Waals surface area contributed by atoms with Gasteiger partial charge in [0.05, 0.1) is 23.7 Å². The number of aromatic nitrogens is 1. The molecule has 0 aliphatic carbocycles. The van der Waals surface area contributed by atoms with E-state index < -0.39 is 0 Å². The number of aryl methyl sites for hydroxylation is 3. The number of methoxy groups -OCH3 is 1. The molecule has 0 saturated carbocycles. The van der Waals surface area contributed by atoms with Crippen molar-refractivity contribution in [2.24, 2.45) is 4.99 Å². The summed E-state index contributed by atoms with van der Waals surface area (Å²) in [6, 6.07) is 13.6. The Hall–Kier alpha value is -2.73. The number of hydrogen-bond donors (Lipinski definition) is 0. The van der Waals surface area contributed by atoms with E-state index >= 15 is 0 Å². The van der Waals surface area contributed by atoms with Gasteiger partial charge in [-0.25, -0.2) is 0 Å². The summed E-state index contributed by atoms with van der Waals surface area (Å²) in [5, 5.41) is 0. The minimum atomic E-state index is -0.289. The fraction of sp³-hybridized carbons (Fsp3) is 0.286. The Balaban J connectivity index is 2.10. The first-order valence-electron chi connectivity index (χ1n) is 8.87. The summed E-state index contributed by atoms with van der Waals surface area (Å²) < 4.78 is 7.73. The second-order valence-corrected chi connectivity index (χ2v) is 7.26. The molecule has 0 atom stereocenters. The fourth-order valence-corrected chi connectivity index (χ4v) is 4.02. The molecule has 140 valence electrons. The monoisotopic (exact) mass is 382 g/mol. The van der Waals surface area contributed by atoms with Crippen LogP contribution in [-0.4, -0.2) is 23.6 Å². The molecular formula is C21H22N2O3S. The molecule has 0 unspecified atom stereocenters. The van der Waals surface area contributed by atoms with Crippen LogP contribution in [0.3, 0.4) is 0 Å². The summed E-state index contributed by atoms with van der Waals surface area (Å²) in [5.74, 6) is -0.564. The van der Waals surface area contributed by atoms with Gasteiger partial charge < -0.3 is 9.30 Å². The smallest absolute Gasteiger partial charge is 0.307 e. The molecule has 0 spiro atoms. The highest BCUT2D eigenvalue weighted by molar-refractivity contribution is 7.16. The summed E-state index contributed by atoms with van der Waals surface area (Å²) in [5.41, 5.74) is 3.67. The second-order valence-electron chi connectivity index (χ2n) is 6.25. The number of amides is 1. The first kappa shape index (κ1) is 19.0. The zero-order valence-corrected chi connectivity index (χ0v) is 16.5. The number of ether oxygens (including phenoxy) is 1. The average Bonchev–Trinajstić information content (AvgIpc) is 3.02. The molecule has 1 amide bonds. The maximum absolute atomic E-state index is 12.7. The third kappa shape index (κ3) is 4.17. The van der Waals surface area contributed by atoms with Gasteiger partial charge in [0.2, 0.25) is 0 Å². The SMILES string of the molecule is CCc1ccc2c(c1)sc(=NC(=O)c1ccccc1C)n2CCC(=O)OC. The largest absolute Gasteiger partial charge is 0.469 e. The third-order valence-corrected chi connectivity index (χ3v) is 5.54. The maximum Gasteiger partial charge on any atom is 0.307 e. The molecule has 27 heavy (non-hydrogen) atoms. The van der Waals surface area contributed by atoms with Crippen LogP contribution < -0.4 is 4.80 Å². The molecule has 2 aromatic carbocycles. The Morgan fingerprint density at radius 2 is 1.96 bits per heavy atom. The van der Waals surface area contributed by atoms with Gasteiger partial charge in [-0.3, -0.25) is 9.59 Å². The van der Waals surface area contributed by atoms with Gasteiger partial charge in [-0.2, -0.15) is 4.99 Å². The molecule has 1 aromatic heterocycles. The van der Waals surface area contributed by atoms with E-state index in [9.17, 15) is 9.59 Å². The molecule has 0 bridgehead atoms. The molecule has 3 aromatic rings. The summed E-state index contributed by atoms with van der Waals surface area (Å²) in [6.45, 7) is 4.41. The van der Waals surface area contributed by atoms with Crippen molar-refractivity contribution >= 4 is 33.4 Å². The quantitative estimate of drug-likeness (QED) is 0.629. The number of thiazole rings is 1. The van der Waals surface area contributed by atoms with Crippen molar-refractivity contribution in [3.63, 3.8) is 0 Å². The Morgan fingerprint density at radius 1 is 1.19 bits per heavy atom. The van der Waals surface area contributed by atoms with Crippen LogP contribution in [0.5, 0.6) is 0 Å². The van der Waals surface area contributed by atoms with Gasteiger partial charge in [-0.1, -0.05) is 42.5 Å². The number of esters is 1. The van der Waals surface area contributed by atoms with Gasteiger partial charge in [0.25, 0.3) is 5.91 Å². The van der Waals surface area contributed by atoms with Crippen molar-refractivity contribution < 1.29 is 14.3 Å². The Labute approximate surface area is 161 Å². The summed E-state index contributed by atoms with van der Waals surface area (Å²) in [4.78, 5) is 29.3. The highest BCUT2D eigenvalue weighted by atomic mass is 32.1. The first-order chi connectivity index (χ1) is 13.0. The number of fused-ring (bicyclic) bond motifs is 1. The number of nitrogens with zero attached hydrogens (tertiary/aromatic N) is 2. The normalized spacial score (nSPS) is 11.7. The van der Waals surface area contributed by atoms with Crippen molar-refractivity contribution in [2.45, 2.75) is 33.2 Å². The van der Waals surface area contributed by atoms with Gasteiger partial charge in [0.1, 0.15) is 0 Å². The van der Waals surface area contributed by atoms with E-state index in [4.69, 9.17) is 4.74 Å². The van der Waals surface area contributed by atoms with Crippen LogP contribution in [0.1, 0.15) is 34.8 Å². The molecule has 3 rings (SSSR count). The average molecular weight is 382 g/mol. The molecule has 0 aliphatic heterocycles. The zero-order chi connectivity index (χ0) is 19.4. The predicted molar refractivity (Wildman–Crippen MR) is 107 cm³/mol. The van der Waals surface area contributed by atoms with Gasteiger partial charge in [-0.15, -0.1) is 0 Å². The van der Waals surface area contributed by atoms with Crippen LogP contribution in [0, 0.1) is 6.92 Å². The number of carbonyl (C=O) groups is 2. The first-order valence-corrected chi connectivity index (χ1v) is 9.69. The van der Waals surface area contributed by atoms with Crippen LogP contribution in [-0.2, 0) is 22.5 Å². The topological polar surface area (TPSA) is 60.7 Å². The lowest BCUT2D eigenvalue weighted by Gasteiger charge is -2.05. The number of rotatable bonds is 5. The third-order valence-electron chi connectivity index (χ3n) is 4.50. The van der Waals surface area contributed by atoms with Crippen LogP contribution in [0.25, 0.3) is 10.2 Å². The van der Waals surface area contributed by atoms with E-state index in [-0.39, 0.29) is 18.3 Å². The highest BCUT2D eigenvalue weighted by Crippen LogP contribution is 2.20. The molecule has 6 heteroatoms. The number of benzene rings is 2. The molecular weight excluding hydrogens is 360 g/mol. The van der Waals surface area contributed by atoms with Gasteiger partial charge in [0.15, 0.2) is 4.80 Å². The van der Waals surface area contributed by atoms with E-state index in [1.54, 1.807) is 6.07 Å². The van der Waals surface area contributed by atoms with Crippen LogP contribution in [0.2, 0.25) is 0 Å². The van der Waals surface area contributed by atoms with E-state index in [1.165, 1.54) is 24.0 Å². The van der Waals surface area contributed by atoms with Crippen LogP contribution >= 0.6 is 11.3 Å². The second kappa shape index (κ2) is 8.31. The molecule has 1 heterocycles. The Bertz CT molecular complexity index is 1060. The van der Waals surface area contributed by atoms with Crippen molar-refractivity contribution in [3.05, 3.63) is 64.0 Å².